The first-order chi connectivity index (χ1) is 10.8. The summed E-state index contributed by atoms with van der Waals surface area (Å²) in [6.07, 6.45) is 0.667. The number of amidine groups is 1. The van der Waals surface area contributed by atoms with Gasteiger partial charge < -0.3 is 31.4 Å². The van der Waals surface area contributed by atoms with Crippen LogP contribution in [0.25, 0.3) is 0 Å². The monoisotopic (exact) mass is 349 g/mol. The van der Waals surface area contributed by atoms with Gasteiger partial charge in [0.2, 0.25) is 0 Å². The molecule has 0 aromatic heterocycles. The van der Waals surface area contributed by atoms with Crippen molar-refractivity contribution in [2.45, 2.75) is 25.1 Å². The highest BCUT2D eigenvalue weighted by Crippen LogP contribution is 1.98. The average Bonchev–Trinajstić information content (AvgIpc) is 2.47. The van der Waals surface area contributed by atoms with Crippen molar-refractivity contribution in [1.29, 1.82) is 0 Å². The third-order valence-corrected chi connectivity index (χ3v) is 3.20. The van der Waals surface area contributed by atoms with Gasteiger partial charge >= 0.3 is 12.0 Å². The highest BCUT2D eigenvalue weighted by atomic mass is 32.2. The molecule has 2 amide bonds. The maximum Gasteiger partial charge on any atom is 0.328 e. The van der Waals surface area contributed by atoms with Crippen molar-refractivity contribution in [3.63, 3.8) is 0 Å². The molecule has 10 nitrogen and oxygen atoms in total. The molecule has 6 N–H and O–H groups in total. The van der Waals surface area contributed by atoms with Gasteiger partial charge in [-0.15, -0.1) is 0 Å². The molecule has 0 spiro atoms. The number of thioether (sulfide) groups is 1. The number of aliphatic hydroxyl groups excluding tert-OH is 1. The number of rotatable bonds is 10. The molecule has 0 aliphatic carbocycles. The van der Waals surface area contributed by atoms with E-state index in [4.69, 9.17) is 15.7 Å². The summed E-state index contributed by atoms with van der Waals surface area (Å²) in [5, 5.41) is 26.2. The zero-order valence-corrected chi connectivity index (χ0v) is 13.9. The van der Waals surface area contributed by atoms with E-state index >= 15 is 0 Å². The zero-order chi connectivity index (χ0) is 17.8. The lowest BCUT2D eigenvalue weighted by Gasteiger charge is -2.17. The smallest absolute Gasteiger partial charge is 0.328 e. The number of carboxylic acid groups (broad SMARTS) is 1. The van der Waals surface area contributed by atoms with Crippen molar-refractivity contribution in [1.82, 2.24) is 10.6 Å². The minimum Gasteiger partial charge on any atom is -0.480 e. The van der Waals surface area contributed by atoms with Crippen LogP contribution in [0.15, 0.2) is 10.1 Å². The molecule has 0 aromatic carbocycles. The van der Waals surface area contributed by atoms with Gasteiger partial charge in [-0.05, 0) is 19.9 Å². The number of amides is 2. The fraction of sp³-hybridized carbons (Fsp3) is 0.667. The Balaban J connectivity index is 4.13. The van der Waals surface area contributed by atoms with E-state index in [9.17, 15) is 14.7 Å². The van der Waals surface area contributed by atoms with E-state index in [0.717, 1.165) is 0 Å². The van der Waals surface area contributed by atoms with Crippen LogP contribution in [0.5, 0.6) is 0 Å². The Morgan fingerprint density at radius 1 is 1.48 bits per heavy atom. The zero-order valence-electron chi connectivity index (χ0n) is 13.1. The van der Waals surface area contributed by atoms with Crippen LogP contribution < -0.4 is 16.4 Å². The highest BCUT2D eigenvalue weighted by Gasteiger charge is 2.24. The molecule has 11 heteroatoms. The lowest BCUT2D eigenvalue weighted by Crippen LogP contribution is -2.51. The number of nitrogens with one attached hydrogen (secondary N) is 2. The van der Waals surface area contributed by atoms with Gasteiger partial charge in [0.1, 0.15) is 6.61 Å². The van der Waals surface area contributed by atoms with Crippen LogP contribution in [0.4, 0.5) is 4.79 Å². The Bertz CT molecular complexity index is 432. The van der Waals surface area contributed by atoms with Gasteiger partial charge in [0.25, 0.3) is 0 Å². The lowest BCUT2D eigenvalue weighted by molar-refractivity contribution is -0.141. The van der Waals surface area contributed by atoms with Crippen LogP contribution in [-0.4, -0.2) is 78.1 Å². The van der Waals surface area contributed by atoms with E-state index in [1.807, 2.05) is 6.26 Å². The number of oxime groups is 1. The maximum absolute atomic E-state index is 11.5. The summed E-state index contributed by atoms with van der Waals surface area (Å²) in [4.78, 5) is 30.9. The summed E-state index contributed by atoms with van der Waals surface area (Å²) >= 11 is 1.53. The fourth-order valence-corrected chi connectivity index (χ4v) is 1.88. The largest absolute Gasteiger partial charge is 0.480 e. The molecule has 0 aromatic rings. The number of aliphatic imine (C=N–C) groups is 1. The van der Waals surface area contributed by atoms with Crippen LogP contribution in [0.2, 0.25) is 0 Å². The van der Waals surface area contributed by atoms with E-state index in [-0.39, 0.29) is 19.0 Å². The quantitative estimate of drug-likeness (QED) is 0.144. The summed E-state index contributed by atoms with van der Waals surface area (Å²) in [7, 11) is 0. The number of nitrogens with zero attached hydrogens (tertiary/aromatic N) is 2. The van der Waals surface area contributed by atoms with E-state index in [2.05, 4.69) is 27.5 Å². The first kappa shape index (κ1) is 21.1. The number of carbonyl (C=O) groups excluding carboxylic acids is 1. The summed E-state index contributed by atoms with van der Waals surface area (Å²) in [6, 6.07) is -2.54. The summed E-state index contributed by atoms with van der Waals surface area (Å²) in [5.41, 5.74) is 5.79. The molecule has 23 heavy (non-hydrogen) atoms. The normalized spacial score (nSPS) is 15.2. The molecular formula is C12H23N5O5S. The number of hydrogen-bond acceptors (Lipinski definition) is 7. The molecule has 0 aliphatic rings. The number of urea groups is 1. The minimum absolute atomic E-state index is 0.0326. The molecular weight excluding hydrogens is 326 g/mol. The molecule has 0 aliphatic heterocycles. The Kier molecular flexibility index (Phi) is 10.7. The van der Waals surface area contributed by atoms with Crippen molar-refractivity contribution in [2.24, 2.45) is 15.9 Å². The molecule has 0 saturated heterocycles. The van der Waals surface area contributed by atoms with Crippen molar-refractivity contribution in [3.05, 3.63) is 0 Å². The van der Waals surface area contributed by atoms with Crippen LogP contribution in [0.1, 0.15) is 6.92 Å². The van der Waals surface area contributed by atoms with Gasteiger partial charge in [-0.25, -0.2) is 14.6 Å². The molecule has 132 valence electrons. The van der Waals surface area contributed by atoms with E-state index in [1.165, 1.54) is 18.7 Å². The third kappa shape index (κ3) is 9.01. The van der Waals surface area contributed by atoms with Gasteiger partial charge in [0.05, 0.1) is 18.7 Å². The van der Waals surface area contributed by atoms with E-state index in [0.29, 0.717) is 5.75 Å². The number of aliphatic carboxylic acids is 1. The van der Waals surface area contributed by atoms with Crippen LogP contribution in [-0.2, 0) is 9.63 Å². The Morgan fingerprint density at radius 3 is 2.61 bits per heavy atom. The van der Waals surface area contributed by atoms with Crippen LogP contribution >= 0.6 is 11.8 Å². The first-order valence-electron chi connectivity index (χ1n) is 6.69. The molecule has 0 heterocycles. The topological polar surface area (TPSA) is 159 Å². The molecule has 3 atom stereocenters. The predicted molar refractivity (Wildman–Crippen MR) is 88.9 cm³/mol. The molecule has 0 fully saturated rings. The van der Waals surface area contributed by atoms with Crippen LogP contribution in [0.3, 0.4) is 0 Å². The Labute approximate surface area is 138 Å². The van der Waals surface area contributed by atoms with E-state index in [1.54, 1.807) is 0 Å². The van der Waals surface area contributed by atoms with Crippen molar-refractivity contribution >= 4 is 36.3 Å². The number of carbonyl (C=O) groups is 2. The van der Waals surface area contributed by atoms with Crippen molar-refractivity contribution in [3.8, 4) is 0 Å². The minimum atomic E-state index is -1.39. The van der Waals surface area contributed by atoms with Gasteiger partial charge in [0, 0.05) is 5.75 Å². The molecule has 0 saturated carbocycles. The Morgan fingerprint density at radius 2 is 2.13 bits per heavy atom. The Hall–Kier alpha value is -1.85. The van der Waals surface area contributed by atoms with Gasteiger partial charge in [0.15, 0.2) is 11.9 Å². The highest BCUT2D eigenvalue weighted by molar-refractivity contribution is 7.98. The number of carboxylic acids is 1. The SMILES string of the molecule is C=N/C(=N\OCCNC(=O)NC(C(=O)O)C(C)O)C(N)CSC. The molecule has 0 rings (SSSR count). The molecule has 3 unspecified atom stereocenters. The second-order valence-electron chi connectivity index (χ2n) is 4.46. The van der Waals surface area contributed by atoms with E-state index < -0.39 is 30.2 Å². The maximum atomic E-state index is 11.5. The second-order valence-corrected chi connectivity index (χ2v) is 5.37. The number of aliphatic hydroxyl groups is 1. The van der Waals surface area contributed by atoms with Gasteiger partial charge in [-0.3, -0.25) is 0 Å². The standard InChI is InChI=1S/C12H23N5O5S/c1-7(18)9(11(19)20)16-12(21)15-4-5-22-17-10(14-2)8(13)6-23-3/h7-9,18H,2,4-6,13H2,1,3H3,(H,19,20)(H2,15,16,21)/b17-10-. The summed E-state index contributed by atoms with van der Waals surface area (Å²) < 4.78 is 0. The molecule has 0 radical (unpaired) electrons. The predicted octanol–water partition coefficient (Wildman–Crippen LogP) is -1.16. The summed E-state index contributed by atoms with van der Waals surface area (Å²) in [6.45, 7) is 4.72. The summed E-state index contributed by atoms with van der Waals surface area (Å²) in [5.74, 6) is -0.470. The van der Waals surface area contributed by atoms with Crippen molar-refractivity contribution in [2.75, 3.05) is 25.2 Å². The second kappa shape index (κ2) is 11.7. The average molecular weight is 349 g/mol. The number of nitrogens with two attached hydrogens (primary N) is 1. The van der Waals surface area contributed by atoms with Crippen molar-refractivity contribution < 1.29 is 24.6 Å². The lowest BCUT2D eigenvalue weighted by atomic mass is 10.2. The third-order valence-electron chi connectivity index (χ3n) is 2.51. The first-order valence-corrected chi connectivity index (χ1v) is 8.09. The van der Waals surface area contributed by atoms with Crippen LogP contribution in [0, 0.1) is 0 Å². The fourth-order valence-electron chi connectivity index (χ4n) is 1.37. The molecule has 0 bridgehead atoms. The number of hydrogen-bond donors (Lipinski definition) is 5. The van der Waals surface area contributed by atoms with Gasteiger partial charge in [-0.2, -0.15) is 11.8 Å². The van der Waals surface area contributed by atoms with Gasteiger partial charge in [-0.1, -0.05) is 5.16 Å².